The zero-order valence-electron chi connectivity index (χ0n) is 7.10. The van der Waals surface area contributed by atoms with E-state index in [1.54, 1.807) is 18.2 Å². The van der Waals surface area contributed by atoms with Crippen molar-refractivity contribution in [1.82, 2.24) is 0 Å². The van der Waals surface area contributed by atoms with Crippen molar-refractivity contribution in [3.8, 4) is 0 Å². The third-order valence-corrected chi connectivity index (χ3v) is 4.54. The van der Waals surface area contributed by atoms with Gasteiger partial charge in [-0.05, 0) is 18.2 Å². The van der Waals surface area contributed by atoms with Crippen molar-refractivity contribution in [2.45, 2.75) is 9.60 Å². The lowest BCUT2D eigenvalue weighted by Crippen LogP contribution is -2.29. The fourth-order valence-electron chi connectivity index (χ4n) is 1.18. The molecule has 1 aliphatic heterocycles. The number of thioether (sulfide) groups is 1. The van der Waals surface area contributed by atoms with Crippen LogP contribution in [0.15, 0.2) is 23.1 Å². The quantitative estimate of drug-likeness (QED) is 0.606. The maximum Gasteiger partial charge on any atom is 0.240 e. The van der Waals surface area contributed by atoms with Crippen LogP contribution in [0.4, 0.5) is 11.4 Å². The van der Waals surface area contributed by atoms with Crippen LogP contribution < -0.4 is 16.2 Å². The first-order valence-corrected chi connectivity index (χ1v) is 6.30. The average Bonchev–Trinajstić information content (AvgIpc) is 2.45. The van der Waals surface area contributed by atoms with Crippen LogP contribution in [0.25, 0.3) is 0 Å². The number of benzene rings is 1. The van der Waals surface area contributed by atoms with Gasteiger partial charge in [0.25, 0.3) is 0 Å². The molecule has 76 valence electrons. The highest BCUT2D eigenvalue weighted by atomic mass is 32.3. The lowest BCUT2D eigenvalue weighted by molar-refractivity contribution is 0.597. The molecule has 0 aliphatic carbocycles. The molecule has 2 rings (SSSR count). The average molecular weight is 231 g/mol. The minimum atomic E-state index is -3.57. The molecule has 0 bridgehead atoms. The van der Waals surface area contributed by atoms with Gasteiger partial charge in [-0.1, -0.05) is 11.8 Å². The number of nitrogens with two attached hydrogens (primary N) is 2. The molecule has 1 atom stereocenters. The van der Waals surface area contributed by atoms with E-state index in [1.165, 1.54) is 0 Å². The van der Waals surface area contributed by atoms with E-state index in [-0.39, 0.29) is 0 Å². The van der Waals surface area contributed by atoms with Gasteiger partial charge in [0.1, 0.15) is 0 Å². The lowest BCUT2D eigenvalue weighted by Gasteiger charge is -2.05. The van der Waals surface area contributed by atoms with Crippen molar-refractivity contribution in [3.05, 3.63) is 18.2 Å². The van der Waals surface area contributed by atoms with E-state index in [4.69, 9.17) is 10.9 Å². The van der Waals surface area contributed by atoms with Gasteiger partial charge in [0.05, 0.1) is 0 Å². The monoisotopic (exact) mass is 231 g/mol. The summed E-state index contributed by atoms with van der Waals surface area (Å²) < 4.78 is 21.3. The second-order valence-corrected chi connectivity index (χ2v) is 6.03. The minimum Gasteiger partial charge on any atom is -0.399 e. The summed E-state index contributed by atoms with van der Waals surface area (Å²) in [5.41, 5.74) is 6.92. The normalized spacial score (nSPS) is 20.2. The molecule has 0 saturated heterocycles. The molecular formula is C7H9N3O2S2. The van der Waals surface area contributed by atoms with Gasteiger partial charge in [-0.3, -0.25) is 0 Å². The summed E-state index contributed by atoms with van der Waals surface area (Å²) in [5, 5.41) is 7.81. The first-order valence-electron chi connectivity index (χ1n) is 3.81. The Bertz CT molecular complexity index is 472. The van der Waals surface area contributed by atoms with E-state index in [2.05, 4.69) is 5.32 Å². The first kappa shape index (κ1) is 9.63. The molecule has 7 heteroatoms. The summed E-state index contributed by atoms with van der Waals surface area (Å²) in [6.45, 7) is 0. The van der Waals surface area contributed by atoms with Gasteiger partial charge in [0.2, 0.25) is 10.0 Å². The summed E-state index contributed by atoms with van der Waals surface area (Å²) in [7, 11) is -3.57. The number of anilines is 2. The Balaban J connectivity index is 2.35. The number of hydrogen-bond acceptors (Lipinski definition) is 5. The minimum absolute atomic E-state index is 0.605. The fraction of sp³-hybridized carbons (Fsp3) is 0.143. The molecule has 1 aromatic carbocycles. The van der Waals surface area contributed by atoms with Crippen LogP contribution in [-0.4, -0.2) is 13.1 Å². The molecule has 5 N–H and O–H groups in total. The highest BCUT2D eigenvalue weighted by Crippen LogP contribution is 2.40. The number of hydrogen-bond donors (Lipinski definition) is 3. The highest BCUT2D eigenvalue weighted by Gasteiger charge is 2.29. The second-order valence-electron chi connectivity index (χ2n) is 2.94. The third kappa shape index (κ3) is 1.66. The smallest absolute Gasteiger partial charge is 0.240 e. The topological polar surface area (TPSA) is 98.2 Å². The van der Waals surface area contributed by atoms with Crippen LogP contribution in [-0.2, 0) is 10.0 Å². The number of sulfonamides is 1. The molecule has 0 saturated carbocycles. The van der Waals surface area contributed by atoms with Crippen molar-refractivity contribution >= 4 is 33.2 Å². The van der Waals surface area contributed by atoms with Gasteiger partial charge in [-0.2, -0.15) is 0 Å². The Hall–Kier alpha value is -0.920. The summed E-state index contributed by atoms with van der Waals surface area (Å²) in [6.07, 6.45) is 0. The van der Waals surface area contributed by atoms with Crippen LogP contribution >= 0.6 is 11.8 Å². The molecule has 0 spiro atoms. The van der Waals surface area contributed by atoms with Gasteiger partial charge in [0, 0.05) is 16.3 Å². The number of fused-ring (bicyclic) bond motifs is 1. The van der Waals surface area contributed by atoms with Crippen LogP contribution in [0.1, 0.15) is 0 Å². The summed E-state index contributed by atoms with van der Waals surface area (Å²) in [5.74, 6) is 0. The second kappa shape index (κ2) is 3.04. The molecular weight excluding hydrogens is 222 g/mol. The van der Waals surface area contributed by atoms with Crippen molar-refractivity contribution < 1.29 is 8.42 Å². The van der Waals surface area contributed by atoms with Crippen molar-refractivity contribution in [2.75, 3.05) is 11.1 Å². The summed E-state index contributed by atoms with van der Waals surface area (Å²) in [6, 6.07) is 5.17. The predicted octanol–water partition coefficient (Wildman–Crippen LogP) is 0.358. The molecule has 1 aliphatic rings. The van der Waals surface area contributed by atoms with Crippen LogP contribution in [0.5, 0.6) is 0 Å². The van der Waals surface area contributed by atoms with Crippen molar-refractivity contribution in [2.24, 2.45) is 5.14 Å². The molecule has 0 amide bonds. The van der Waals surface area contributed by atoms with Gasteiger partial charge in [0.15, 0.2) is 4.71 Å². The summed E-state index contributed by atoms with van der Waals surface area (Å²) in [4.78, 5) is 0.809. The lowest BCUT2D eigenvalue weighted by atomic mass is 10.3. The zero-order valence-corrected chi connectivity index (χ0v) is 8.73. The highest BCUT2D eigenvalue weighted by molar-refractivity contribution is 8.13. The van der Waals surface area contributed by atoms with Gasteiger partial charge < -0.3 is 11.1 Å². The predicted molar refractivity (Wildman–Crippen MR) is 57.2 cm³/mol. The number of primary sulfonamides is 1. The van der Waals surface area contributed by atoms with E-state index in [0.29, 0.717) is 5.69 Å². The Kier molecular flexibility index (Phi) is 2.09. The number of nitrogen functional groups attached to an aromatic ring is 1. The third-order valence-electron chi connectivity index (χ3n) is 1.81. The first-order chi connectivity index (χ1) is 6.47. The van der Waals surface area contributed by atoms with Crippen LogP contribution in [0.2, 0.25) is 0 Å². The molecule has 1 unspecified atom stereocenters. The molecule has 0 aromatic heterocycles. The van der Waals surface area contributed by atoms with Crippen LogP contribution in [0.3, 0.4) is 0 Å². The van der Waals surface area contributed by atoms with E-state index >= 15 is 0 Å². The maximum absolute atomic E-state index is 11.1. The largest absolute Gasteiger partial charge is 0.399 e. The van der Waals surface area contributed by atoms with E-state index in [0.717, 1.165) is 22.3 Å². The Morgan fingerprint density at radius 3 is 2.79 bits per heavy atom. The molecule has 0 fully saturated rings. The number of rotatable bonds is 1. The molecule has 0 radical (unpaired) electrons. The Labute approximate surface area is 85.9 Å². The van der Waals surface area contributed by atoms with Gasteiger partial charge in [-0.25, -0.2) is 13.6 Å². The zero-order chi connectivity index (χ0) is 10.3. The van der Waals surface area contributed by atoms with Gasteiger partial charge >= 0.3 is 0 Å². The SMILES string of the molecule is Nc1ccc2c(c1)SC(S(N)(=O)=O)N2. The molecule has 1 aromatic rings. The number of nitrogens with one attached hydrogen (secondary N) is 1. The fourth-order valence-corrected chi connectivity index (χ4v) is 3.19. The molecule has 1 heterocycles. The molecule has 5 nitrogen and oxygen atoms in total. The summed E-state index contributed by atoms with van der Waals surface area (Å²) >= 11 is 1.15. The van der Waals surface area contributed by atoms with E-state index < -0.39 is 14.7 Å². The van der Waals surface area contributed by atoms with Gasteiger partial charge in [-0.15, -0.1) is 0 Å². The Morgan fingerprint density at radius 1 is 1.43 bits per heavy atom. The van der Waals surface area contributed by atoms with Crippen LogP contribution in [0, 0.1) is 0 Å². The molecule has 14 heavy (non-hydrogen) atoms. The Morgan fingerprint density at radius 2 is 2.14 bits per heavy atom. The van der Waals surface area contributed by atoms with Crippen molar-refractivity contribution in [1.29, 1.82) is 0 Å². The van der Waals surface area contributed by atoms with E-state index in [1.807, 2.05) is 0 Å². The standard InChI is InChI=1S/C7H9N3O2S2/c8-4-1-2-5-6(3-4)13-7(10-5)14(9,11)12/h1-3,7,10H,8H2,(H2,9,11,12). The van der Waals surface area contributed by atoms with E-state index in [9.17, 15) is 8.42 Å². The van der Waals surface area contributed by atoms with Crippen molar-refractivity contribution in [3.63, 3.8) is 0 Å². The maximum atomic E-state index is 11.1.